The van der Waals surface area contributed by atoms with E-state index in [9.17, 15) is 4.79 Å². The summed E-state index contributed by atoms with van der Waals surface area (Å²) in [6.07, 6.45) is 18.3. The molecular formula is C16H34O2Sn2. The standard InChI is InChI=1S/C16H30O2.2Sn.4H/c1-2-3-4-5-6-7-8-9-10-11-12-13-14-15-16(17)18;;;;;;/h7-8H,2-6,9-15H2,1H3,(H,17,18);;;;;;. The zero-order valence-corrected chi connectivity index (χ0v) is 21.5. The van der Waals surface area contributed by atoms with Crippen molar-refractivity contribution < 1.29 is 9.90 Å². The topological polar surface area (TPSA) is 37.3 Å². The van der Waals surface area contributed by atoms with E-state index in [0.29, 0.717) is 6.42 Å². The fraction of sp³-hybridized carbons (Fsp3) is 0.812. The maximum atomic E-state index is 10.3. The molecule has 20 heavy (non-hydrogen) atoms. The number of allylic oxidation sites excluding steroid dienone is 2. The number of carboxylic acids is 1. The van der Waals surface area contributed by atoms with Crippen LogP contribution in [0.3, 0.4) is 0 Å². The molecule has 0 saturated heterocycles. The molecule has 0 aliphatic carbocycles. The number of carbonyl (C=O) groups is 1. The van der Waals surface area contributed by atoms with Gasteiger partial charge in [-0.15, -0.1) is 0 Å². The van der Waals surface area contributed by atoms with Crippen molar-refractivity contribution in [1.82, 2.24) is 0 Å². The zero-order chi connectivity index (χ0) is 13.5. The molecule has 2 nitrogen and oxygen atoms in total. The van der Waals surface area contributed by atoms with E-state index in [-0.39, 0.29) is 47.8 Å². The number of rotatable bonds is 13. The third-order valence-electron chi connectivity index (χ3n) is 3.15. The van der Waals surface area contributed by atoms with Crippen LogP contribution in [0.4, 0.5) is 0 Å². The third-order valence-corrected chi connectivity index (χ3v) is 3.15. The van der Waals surface area contributed by atoms with Gasteiger partial charge in [-0.25, -0.2) is 0 Å². The van der Waals surface area contributed by atoms with Crippen molar-refractivity contribution in [2.75, 3.05) is 0 Å². The second-order valence-corrected chi connectivity index (χ2v) is 5.02. The van der Waals surface area contributed by atoms with Crippen molar-refractivity contribution in [3.05, 3.63) is 12.2 Å². The van der Waals surface area contributed by atoms with E-state index in [1.54, 1.807) is 0 Å². The van der Waals surface area contributed by atoms with Crippen LogP contribution in [0.2, 0.25) is 0 Å². The molecule has 0 unspecified atom stereocenters. The van der Waals surface area contributed by atoms with Crippen LogP contribution in [0.1, 0.15) is 84.0 Å². The molecule has 0 heterocycles. The summed E-state index contributed by atoms with van der Waals surface area (Å²) < 4.78 is 0. The SMILES string of the molecule is CCCCCCC=CCCCCCCCC(=O)O.[SnH2].[SnH2]. The van der Waals surface area contributed by atoms with E-state index in [2.05, 4.69) is 19.1 Å². The minimum atomic E-state index is -0.666. The summed E-state index contributed by atoms with van der Waals surface area (Å²) in [5, 5.41) is 8.48. The van der Waals surface area contributed by atoms with Gasteiger partial charge < -0.3 is 5.11 Å². The predicted molar refractivity (Wildman–Crippen MR) is 94.9 cm³/mol. The molecule has 0 aromatic rings. The molecule has 0 aliphatic rings. The molecule has 0 spiro atoms. The molecule has 0 saturated carbocycles. The van der Waals surface area contributed by atoms with Crippen molar-refractivity contribution in [2.24, 2.45) is 0 Å². The van der Waals surface area contributed by atoms with Gasteiger partial charge in [-0.1, -0.05) is 57.6 Å². The van der Waals surface area contributed by atoms with Gasteiger partial charge in [-0.05, 0) is 32.1 Å². The predicted octanol–water partition coefficient (Wildman–Crippen LogP) is 3.50. The molecule has 118 valence electrons. The number of aliphatic carboxylic acids is 1. The molecule has 0 fully saturated rings. The number of unbranched alkanes of at least 4 members (excludes halogenated alkanes) is 9. The van der Waals surface area contributed by atoms with E-state index in [4.69, 9.17) is 5.11 Å². The van der Waals surface area contributed by atoms with Crippen molar-refractivity contribution in [3.63, 3.8) is 0 Å². The van der Waals surface area contributed by atoms with Gasteiger partial charge in [-0.2, -0.15) is 0 Å². The first-order valence-corrected chi connectivity index (χ1v) is 7.64. The Morgan fingerprint density at radius 2 is 1.25 bits per heavy atom. The monoisotopic (exact) mass is 498 g/mol. The van der Waals surface area contributed by atoms with Crippen LogP contribution >= 0.6 is 0 Å². The Labute approximate surface area is 159 Å². The van der Waals surface area contributed by atoms with Crippen LogP contribution in [0, 0.1) is 0 Å². The van der Waals surface area contributed by atoms with Gasteiger partial charge in [-0.3, -0.25) is 4.79 Å². The molecule has 0 aromatic heterocycles. The van der Waals surface area contributed by atoms with Crippen LogP contribution in [0.15, 0.2) is 12.2 Å². The van der Waals surface area contributed by atoms with Crippen LogP contribution < -0.4 is 0 Å². The van der Waals surface area contributed by atoms with Gasteiger partial charge in [0.25, 0.3) is 0 Å². The molecule has 0 amide bonds. The average molecular weight is 496 g/mol. The van der Waals surface area contributed by atoms with Crippen LogP contribution in [0.25, 0.3) is 0 Å². The summed E-state index contributed by atoms with van der Waals surface area (Å²) in [4.78, 5) is 10.3. The summed E-state index contributed by atoms with van der Waals surface area (Å²) in [5.74, 6) is -0.666. The molecule has 4 heteroatoms. The van der Waals surface area contributed by atoms with Crippen LogP contribution in [0.5, 0.6) is 0 Å². The Morgan fingerprint density at radius 3 is 1.75 bits per heavy atom. The van der Waals surface area contributed by atoms with E-state index in [0.717, 1.165) is 12.8 Å². The fourth-order valence-electron chi connectivity index (χ4n) is 1.99. The van der Waals surface area contributed by atoms with Crippen LogP contribution in [-0.4, -0.2) is 58.9 Å². The first kappa shape index (κ1) is 25.7. The van der Waals surface area contributed by atoms with Gasteiger partial charge in [0.2, 0.25) is 0 Å². The Bertz CT molecular complexity index is 219. The van der Waals surface area contributed by atoms with Crippen molar-refractivity contribution in [2.45, 2.75) is 84.0 Å². The van der Waals surface area contributed by atoms with Gasteiger partial charge in [0.15, 0.2) is 0 Å². The molecular weight excluding hydrogens is 462 g/mol. The second kappa shape index (κ2) is 22.1. The molecule has 0 aromatic carbocycles. The van der Waals surface area contributed by atoms with Crippen LogP contribution in [-0.2, 0) is 4.79 Å². The first-order valence-electron chi connectivity index (χ1n) is 7.64. The van der Waals surface area contributed by atoms with E-state index in [1.807, 2.05) is 0 Å². The maximum absolute atomic E-state index is 10.3. The van der Waals surface area contributed by atoms with Gasteiger partial charge in [0.05, 0.1) is 0 Å². The number of hydrogen-bond donors (Lipinski definition) is 1. The molecule has 0 atom stereocenters. The summed E-state index contributed by atoms with van der Waals surface area (Å²) in [7, 11) is 0. The Kier molecular flexibility index (Phi) is 28.4. The molecule has 0 rings (SSSR count). The van der Waals surface area contributed by atoms with Crippen molar-refractivity contribution in [1.29, 1.82) is 0 Å². The van der Waals surface area contributed by atoms with Gasteiger partial charge in [0.1, 0.15) is 0 Å². The molecule has 1 N–H and O–H groups in total. The normalized spacial score (nSPS) is 10.1. The summed E-state index contributed by atoms with van der Waals surface area (Å²) in [6.45, 7) is 2.24. The molecule has 4 radical (unpaired) electrons. The zero-order valence-electron chi connectivity index (χ0n) is 13.4. The molecule has 0 bridgehead atoms. The van der Waals surface area contributed by atoms with E-state index < -0.39 is 5.97 Å². The first-order chi connectivity index (χ1) is 8.77. The number of carboxylic acid groups (broad SMARTS) is 1. The van der Waals surface area contributed by atoms with E-state index in [1.165, 1.54) is 57.8 Å². The number of hydrogen-bond acceptors (Lipinski definition) is 1. The second-order valence-electron chi connectivity index (χ2n) is 5.02. The minimum absolute atomic E-state index is 0. The Morgan fingerprint density at radius 1 is 0.800 bits per heavy atom. The van der Waals surface area contributed by atoms with Crippen molar-refractivity contribution in [3.8, 4) is 0 Å². The molecule has 0 aliphatic heterocycles. The Hall–Kier alpha value is 0.807. The van der Waals surface area contributed by atoms with Gasteiger partial charge in [0, 0.05) is 6.42 Å². The fourth-order valence-corrected chi connectivity index (χ4v) is 1.99. The third kappa shape index (κ3) is 23.9. The summed E-state index contributed by atoms with van der Waals surface area (Å²) in [5.41, 5.74) is 0. The quantitative estimate of drug-likeness (QED) is 0.241. The van der Waals surface area contributed by atoms with E-state index >= 15 is 0 Å². The van der Waals surface area contributed by atoms with Gasteiger partial charge >= 0.3 is 53.8 Å². The average Bonchev–Trinajstić information content (AvgIpc) is 2.34. The van der Waals surface area contributed by atoms with Crippen molar-refractivity contribution >= 4 is 53.8 Å². The summed E-state index contributed by atoms with van der Waals surface area (Å²) >= 11 is 0. The summed E-state index contributed by atoms with van der Waals surface area (Å²) in [6, 6.07) is 0. The Balaban J connectivity index is -0.00000144.